The molecule has 0 bridgehead atoms. The van der Waals surface area contributed by atoms with Gasteiger partial charge in [-0.25, -0.2) is 4.39 Å². The molecule has 1 amide bonds. The standard InChI is InChI=1S/C17H18FN3O3S2/c1-11-8-15-16(21(3)26(23,24)20(15)2)9-14(11)19-17(22)10-25-13-6-4-12(18)5-7-13/h4-9H,10H2,1-3H3,(H,19,22). The van der Waals surface area contributed by atoms with E-state index in [1.165, 1.54) is 46.6 Å². The molecule has 0 fully saturated rings. The Bertz CT molecular complexity index is 962. The van der Waals surface area contributed by atoms with Crippen LogP contribution in [0, 0.1) is 12.7 Å². The van der Waals surface area contributed by atoms with Crippen molar-refractivity contribution in [1.82, 2.24) is 0 Å². The highest BCUT2D eigenvalue weighted by Crippen LogP contribution is 2.41. The Labute approximate surface area is 156 Å². The second kappa shape index (κ2) is 6.81. The summed E-state index contributed by atoms with van der Waals surface area (Å²) in [4.78, 5) is 13.0. The highest BCUT2D eigenvalue weighted by molar-refractivity contribution is 8.00. The molecule has 0 aromatic heterocycles. The van der Waals surface area contributed by atoms with Crippen molar-refractivity contribution in [2.24, 2.45) is 0 Å². The van der Waals surface area contributed by atoms with Crippen LogP contribution in [-0.4, -0.2) is 34.2 Å². The Morgan fingerprint density at radius 3 is 2.31 bits per heavy atom. The fourth-order valence-corrected chi connectivity index (χ4v) is 4.47. The van der Waals surface area contributed by atoms with E-state index in [9.17, 15) is 17.6 Å². The number of nitrogens with zero attached hydrogens (tertiary/aromatic N) is 2. The van der Waals surface area contributed by atoms with Gasteiger partial charge in [-0.05, 0) is 48.9 Å². The minimum Gasteiger partial charge on any atom is -0.325 e. The molecule has 0 aliphatic carbocycles. The maximum absolute atomic E-state index is 12.9. The van der Waals surface area contributed by atoms with Crippen molar-refractivity contribution in [3.8, 4) is 0 Å². The lowest BCUT2D eigenvalue weighted by Crippen LogP contribution is -2.32. The number of amides is 1. The first kappa shape index (κ1) is 18.5. The summed E-state index contributed by atoms with van der Waals surface area (Å²) in [7, 11) is -0.585. The number of anilines is 3. The third kappa shape index (κ3) is 3.36. The monoisotopic (exact) mass is 395 g/mol. The van der Waals surface area contributed by atoms with Gasteiger partial charge in [0.15, 0.2) is 0 Å². The van der Waals surface area contributed by atoms with Crippen molar-refractivity contribution in [3.63, 3.8) is 0 Å². The zero-order chi connectivity index (χ0) is 19.1. The number of aryl methyl sites for hydroxylation is 1. The molecule has 0 radical (unpaired) electrons. The van der Waals surface area contributed by atoms with Crippen molar-refractivity contribution in [3.05, 3.63) is 47.8 Å². The summed E-state index contributed by atoms with van der Waals surface area (Å²) in [6.45, 7) is 1.81. The molecule has 0 unspecified atom stereocenters. The van der Waals surface area contributed by atoms with Gasteiger partial charge in [-0.3, -0.25) is 13.4 Å². The number of nitrogens with one attached hydrogen (secondary N) is 1. The molecule has 2 aromatic rings. The van der Waals surface area contributed by atoms with Gasteiger partial charge < -0.3 is 5.32 Å². The smallest absolute Gasteiger partial charge is 0.325 e. The van der Waals surface area contributed by atoms with E-state index in [1.807, 2.05) is 6.92 Å². The summed E-state index contributed by atoms with van der Waals surface area (Å²) in [5.74, 6) is -0.383. The number of thioether (sulfide) groups is 1. The first-order valence-corrected chi connectivity index (χ1v) is 10.1. The number of halogens is 1. The molecule has 1 heterocycles. The van der Waals surface area contributed by atoms with Gasteiger partial charge in [0.05, 0.1) is 17.1 Å². The molecule has 138 valence electrons. The van der Waals surface area contributed by atoms with Gasteiger partial charge in [-0.15, -0.1) is 11.8 Å². The van der Waals surface area contributed by atoms with E-state index in [4.69, 9.17) is 0 Å². The molecular formula is C17H18FN3O3S2. The van der Waals surface area contributed by atoms with Crippen LogP contribution in [0.3, 0.4) is 0 Å². The summed E-state index contributed by atoms with van der Waals surface area (Å²) in [6.07, 6.45) is 0. The van der Waals surface area contributed by atoms with Crippen LogP contribution in [0.1, 0.15) is 5.56 Å². The van der Waals surface area contributed by atoms with Crippen LogP contribution in [0.25, 0.3) is 0 Å². The fourth-order valence-electron chi connectivity index (χ4n) is 2.62. The summed E-state index contributed by atoms with van der Waals surface area (Å²) >= 11 is 1.30. The Morgan fingerprint density at radius 1 is 1.12 bits per heavy atom. The number of carbonyl (C=O) groups is 1. The first-order chi connectivity index (χ1) is 12.2. The number of benzene rings is 2. The van der Waals surface area contributed by atoms with E-state index < -0.39 is 10.2 Å². The zero-order valence-corrected chi connectivity index (χ0v) is 16.1. The molecule has 9 heteroatoms. The lowest BCUT2D eigenvalue weighted by molar-refractivity contribution is -0.113. The second-order valence-electron chi connectivity index (χ2n) is 5.89. The molecule has 0 spiro atoms. The topological polar surface area (TPSA) is 69.7 Å². The Balaban J connectivity index is 1.74. The highest BCUT2D eigenvalue weighted by atomic mass is 32.2. The maximum atomic E-state index is 12.9. The van der Waals surface area contributed by atoms with Crippen molar-refractivity contribution < 1.29 is 17.6 Å². The van der Waals surface area contributed by atoms with Gasteiger partial charge in [0, 0.05) is 24.7 Å². The Kier molecular flexibility index (Phi) is 4.85. The third-order valence-corrected chi connectivity index (χ3v) is 6.94. The van der Waals surface area contributed by atoms with E-state index in [1.54, 1.807) is 24.3 Å². The number of rotatable bonds is 4. The van der Waals surface area contributed by atoms with Crippen LogP contribution in [0.2, 0.25) is 0 Å². The lowest BCUT2D eigenvalue weighted by atomic mass is 10.1. The predicted molar refractivity (Wildman–Crippen MR) is 103 cm³/mol. The van der Waals surface area contributed by atoms with Gasteiger partial charge >= 0.3 is 10.2 Å². The van der Waals surface area contributed by atoms with Crippen LogP contribution in [0.5, 0.6) is 0 Å². The molecule has 0 saturated carbocycles. The molecule has 6 nitrogen and oxygen atoms in total. The molecule has 1 aliphatic heterocycles. The zero-order valence-electron chi connectivity index (χ0n) is 14.5. The first-order valence-electron chi connectivity index (χ1n) is 7.76. The molecular weight excluding hydrogens is 377 g/mol. The van der Waals surface area contributed by atoms with Gasteiger partial charge in [-0.2, -0.15) is 8.42 Å². The van der Waals surface area contributed by atoms with Crippen molar-refractivity contribution in [2.45, 2.75) is 11.8 Å². The Morgan fingerprint density at radius 2 is 1.69 bits per heavy atom. The molecule has 1 aliphatic rings. The summed E-state index contributed by atoms with van der Waals surface area (Å²) in [5, 5.41) is 2.81. The van der Waals surface area contributed by atoms with Crippen molar-refractivity contribution in [1.29, 1.82) is 0 Å². The third-order valence-electron chi connectivity index (χ3n) is 4.15. The minimum absolute atomic E-state index is 0.163. The van der Waals surface area contributed by atoms with Crippen molar-refractivity contribution >= 4 is 44.9 Å². The van der Waals surface area contributed by atoms with Gasteiger partial charge in [0.2, 0.25) is 5.91 Å². The van der Waals surface area contributed by atoms with Crippen LogP contribution >= 0.6 is 11.8 Å². The molecule has 0 saturated heterocycles. The van der Waals surface area contributed by atoms with E-state index in [0.717, 1.165) is 10.5 Å². The molecule has 26 heavy (non-hydrogen) atoms. The van der Waals surface area contributed by atoms with Gasteiger partial charge in [0.25, 0.3) is 0 Å². The maximum Gasteiger partial charge on any atom is 0.326 e. The number of hydrogen-bond acceptors (Lipinski definition) is 4. The molecule has 3 rings (SSSR count). The lowest BCUT2D eigenvalue weighted by Gasteiger charge is -2.13. The molecule has 0 atom stereocenters. The minimum atomic E-state index is -3.56. The second-order valence-corrected chi connectivity index (χ2v) is 8.93. The van der Waals surface area contributed by atoms with Crippen LogP contribution in [-0.2, 0) is 15.0 Å². The number of hydrogen-bond donors (Lipinski definition) is 1. The van der Waals surface area contributed by atoms with E-state index in [0.29, 0.717) is 17.1 Å². The van der Waals surface area contributed by atoms with E-state index >= 15 is 0 Å². The normalized spacial score (nSPS) is 15.1. The summed E-state index contributed by atoms with van der Waals surface area (Å²) in [5.41, 5.74) is 2.41. The van der Waals surface area contributed by atoms with Gasteiger partial charge in [0.1, 0.15) is 5.82 Å². The van der Waals surface area contributed by atoms with Gasteiger partial charge in [-0.1, -0.05) is 0 Å². The quantitative estimate of drug-likeness (QED) is 0.808. The van der Waals surface area contributed by atoms with Crippen LogP contribution in [0.15, 0.2) is 41.3 Å². The average Bonchev–Trinajstić information content (AvgIpc) is 2.76. The van der Waals surface area contributed by atoms with Crippen LogP contribution < -0.4 is 13.9 Å². The fraction of sp³-hybridized carbons (Fsp3) is 0.235. The number of carbonyl (C=O) groups excluding carboxylic acids is 1. The SMILES string of the molecule is Cc1cc2c(cc1NC(=O)CSc1ccc(F)cc1)N(C)S(=O)(=O)N2C. The highest BCUT2D eigenvalue weighted by Gasteiger charge is 2.35. The predicted octanol–water partition coefficient (Wildman–Crippen LogP) is 3.00. The van der Waals surface area contributed by atoms with E-state index in [-0.39, 0.29) is 17.5 Å². The number of fused-ring (bicyclic) bond motifs is 1. The average molecular weight is 395 g/mol. The Hall–Kier alpha value is -2.26. The molecule has 2 aromatic carbocycles. The summed E-state index contributed by atoms with van der Waals surface area (Å²) in [6, 6.07) is 9.31. The van der Waals surface area contributed by atoms with E-state index in [2.05, 4.69) is 5.32 Å². The molecule has 1 N–H and O–H groups in total. The van der Waals surface area contributed by atoms with Crippen molar-refractivity contribution in [2.75, 3.05) is 33.8 Å². The summed E-state index contributed by atoms with van der Waals surface area (Å²) < 4.78 is 39.7. The largest absolute Gasteiger partial charge is 0.326 e. The van der Waals surface area contributed by atoms with Crippen LogP contribution in [0.4, 0.5) is 21.5 Å².